The maximum atomic E-state index is 12.2. The summed E-state index contributed by atoms with van der Waals surface area (Å²) in [6.45, 7) is 4.99. The summed E-state index contributed by atoms with van der Waals surface area (Å²) in [6.07, 6.45) is 6.32. The largest absolute Gasteiger partial charge is 0.399 e. The highest BCUT2D eigenvalue weighted by atomic mass is 16.1. The molecule has 2 rings (SSSR count). The molecular weight excluding hydrogens is 236 g/mol. The van der Waals surface area contributed by atoms with Gasteiger partial charge in [-0.1, -0.05) is 26.2 Å². The van der Waals surface area contributed by atoms with Crippen molar-refractivity contribution in [2.75, 3.05) is 12.3 Å². The molecule has 104 valence electrons. The highest BCUT2D eigenvalue weighted by Gasteiger charge is 2.27. The molecule has 0 heterocycles. The van der Waals surface area contributed by atoms with Gasteiger partial charge in [-0.25, -0.2) is 0 Å². The summed E-state index contributed by atoms with van der Waals surface area (Å²) in [6, 6.07) is 5.50. The number of nitrogen functional groups attached to an aromatic ring is 1. The summed E-state index contributed by atoms with van der Waals surface area (Å²) >= 11 is 0. The van der Waals surface area contributed by atoms with Crippen LogP contribution in [0.5, 0.6) is 0 Å². The van der Waals surface area contributed by atoms with Crippen LogP contribution in [0, 0.1) is 12.3 Å². The SMILES string of the molecule is Cc1cc(N)cc(C(=O)NCC2(C)CCCCC2)c1. The maximum Gasteiger partial charge on any atom is 0.251 e. The van der Waals surface area contributed by atoms with E-state index < -0.39 is 0 Å². The Morgan fingerprint density at radius 2 is 1.95 bits per heavy atom. The molecule has 1 fully saturated rings. The van der Waals surface area contributed by atoms with Gasteiger partial charge in [0.25, 0.3) is 5.91 Å². The standard InChI is InChI=1S/C16H24N2O/c1-12-8-13(10-14(17)9-12)15(19)18-11-16(2)6-4-3-5-7-16/h8-10H,3-7,11,17H2,1-2H3,(H,18,19). The normalized spacial score (nSPS) is 18.0. The third kappa shape index (κ3) is 3.72. The molecule has 0 aromatic heterocycles. The number of carbonyl (C=O) groups is 1. The molecule has 0 saturated heterocycles. The third-order valence-corrected chi connectivity index (χ3v) is 4.10. The van der Waals surface area contributed by atoms with E-state index in [2.05, 4.69) is 12.2 Å². The van der Waals surface area contributed by atoms with E-state index in [0.29, 0.717) is 11.3 Å². The first-order chi connectivity index (χ1) is 8.98. The van der Waals surface area contributed by atoms with Crippen molar-refractivity contribution in [2.45, 2.75) is 46.0 Å². The van der Waals surface area contributed by atoms with Crippen LogP contribution >= 0.6 is 0 Å². The molecule has 1 aliphatic carbocycles. The number of rotatable bonds is 3. The molecule has 0 unspecified atom stereocenters. The molecule has 3 heteroatoms. The molecule has 0 atom stereocenters. The quantitative estimate of drug-likeness (QED) is 0.819. The van der Waals surface area contributed by atoms with Crippen LogP contribution in [0.2, 0.25) is 0 Å². The molecule has 0 bridgehead atoms. The number of aryl methyl sites for hydroxylation is 1. The van der Waals surface area contributed by atoms with Gasteiger partial charge in [0, 0.05) is 17.8 Å². The number of benzene rings is 1. The fraction of sp³-hybridized carbons (Fsp3) is 0.562. The van der Waals surface area contributed by atoms with Crippen LogP contribution < -0.4 is 11.1 Å². The molecule has 0 aliphatic heterocycles. The van der Waals surface area contributed by atoms with Crippen molar-refractivity contribution < 1.29 is 4.79 Å². The minimum absolute atomic E-state index is 0.0119. The zero-order valence-electron chi connectivity index (χ0n) is 12.0. The first kappa shape index (κ1) is 13.9. The Bertz CT molecular complexity index is 442. The highest BCUT2D eigenvalue weighted by Crippen LogP contribution is 2.34. The van der Waals surface area contributed by atoms with Crippen LogP contribution in [0.1, 0.15) is 54.9 Å². The molecule has 0 radical (unpaired) electrons. The van der Waals surface area contributed by atoms with Crippen molar-refractivity contribution in [1.82, 2.24) is 5.32 Å². The fourth-order valence-electron chi connectivity index (χ4n) is 2.92. The zero-order valence-corrected chi connectivity index (χ0v) is 12.0. The van der Waals surface area contributed by atoms with Crippen LogP contribution in [0.25, 0.3) is 0 Å². The first-order valence-electron chi connectivity index (χ1n) is 7.14. The lowest BCUT2D eigenvalue weighted by Gasteiger charge is -2.33. The Hall–Kier alpha value is -1.51. The van der Waals surface area contributed by atoms with E-state index in [1.54, 1.807) is 6.07 Å². The average Bonchev–Trinajstić information content (AvgIpc) is 2.36. The Balaban J connectivity index is 1.97. The number of anilines is 1. The maximum absolute atomic E-state index is 12.2. The summed E-state index contributed by atoms with van der Waals surface area (Å²) in [5, 5.41) is 3.07. The van der Waals surface area contributed by atoms with Crippen molar-refractivity contribution >= 4 is 11.6 Å². The minimum atomic E-state index is -0.0119. The lowest BCUT2D eigenvalue weighted by molar-refractivity contribution is 0.0919. The minimum Gasteiger partial charge on any atom is -0.399 e. The van der Waals surface area contributed by atoms with Crippen molar-refractivity contribution in [1.29, 1.82) is 0 Å². The van der Waals surface area contributed by atoms with E-state index in [1.165, 1.54) is 32.1 Å². The van der Waals surface area contributed by atoms with Gasteiger partial charge in [-0.2, -0.15) is 0 Å². The van der Waals surface area contributed by atoms with Crippen molar-refractivity contribution in [2.24, 2.45) is 5.41 Å². The first-order valence-corrected chi connectivity index (χ1v) is 7.14. The zero-order chi connectivity index (χ0) is 13.9. The van der Waals surface area contributed by atoms with Gasteiger partial charge in [-0.05, 0) is 48.9 Å². The van der Waals surface area contributed by atoms with E-state index in [0.717, 1.165) is 12.1 Å². The van der Waals surface area contributed by atoms with Gasteiger partial charge >= 0.3 is 0 Å². The number of hydrogen-bond donors (Lipinski definition) is 2. The molecule has 1 aromatic carbocycles. The van der Waals surface area contributed by atoms with Gasteiger partial charge in [0.2, 0.25) is 0 Å². The molecular formula is C16H24N2O. The second kappa shape index (κ2) is 5.64. The van der Waals surface area contributed by atoms with Crippen LogP contribution in [0.15, 0.2) is 18.2 Å². The number of nitrogens with two attached hydrogens (primary N) is 1. The molecule has 1 amide bonds. The third-order valence-electron chi connectivity index (χ3n) is 4.10. The van der Waals surface area contributed by atoms with E-state index in [-0.39, 0.29) is 11.3 Å². The number of hydrogen-bond acceptors (Lipinski definition) is 2. The Morgan fingerprint density at radius 3 is 2.58 bits per heavy atom. The van der Waals surface area contributed by atoms with Gasteiger partial charge in [0.05, 0.1) is 0 Å². The molecule has 1 saturated carbocycles. The summed E-state index contributed by atoms with van der Waals surface area (Å²) in [4.78, 5) is 12.2. The van der Waals surface area contributed by atoms with E-state index >= 15 is 0 Å². The van der Waals surface area contributed by atoms with Crippen molar-refractivity contribution in [3.63, 3.8) is 0 Å². The van der Waals surface area contributed by atoms with Crippen molar-refractivity contribution in [3.8, 4) is 0 Å². The lowest BCUT2D eigenvalue weighted by atomic mass is 9.76. The van der Waals surface area contributed by atoms with E-state index in [4.69, 9.17) is 5.73 Å². The van der Waals surface area contributed by atoms with Crippen LogP contribution in [-0.2, 0) is 0 Å². The monoisotopic (exact) mass is 260 g/mol. The Morgan fingerprint density at radius 1 is 1.26 bits per heavy atom. The second-order valence-electron chi connectivity index (χ2n) is 6.19. The van der Waals surface area contributed by atoms with Gasteiger partial charge in [-0.15, -0.1) is 0 Å². The summed E-state index contributed by atoms with van der Waals surface area (Å²) in [5.74, 6) is -0.0119. The second-order valence-corrected chi connectivity index (χ2v) is 6.19. The van der Waals surface area contributed by atoms with Crippen molar-refractivity contribution in [3.05, 3.63) is 29.3 Å². The van der Waals surface area contributed by atoms with Crippen LogP contribution in [-0.4, -0.2) is 12.5 Å². The molecule has 1 aromatic rings. The van der Waals surface area contributed by atoms with Gasteiger partial charge < -0.3 is 11.1 Å². The average molecular weight is 260 g/mol. The topological polar surface area (TPSA) is 55.1 Å². The molecule has 19 heavy (non-hydrogen) atoms. The summed E-state index contributed by atoms with van der Waals surface area (Å²) in [7, 11) is 0. The number of carbonyl (C=O) groups excluding carboxylic acids is 1. The fourth-order valence-corrected chi connectivity index (χ4v) is 2.92. The predicted octanol–water partition coefficient (Wildman–Crippen LogP) is 3.28. The molecule has 0 spiro atoms. The van der Waals surface area contributed by atoms with Crippen LogP contribution in [0.3, 0.4) is 0 Å². The molecule has 3 N–H and O–H groups in total. The van der Waals surface area contributed by atoms with E-state index in [1.807, 2.05) is 19.1 Å². The number of nitrogens with one attached hydrogen (secondary N) is 1. The highest BCUT2D eigenvalue weighted by molar-refractivity contribution is 5.95. The summed E-state index contributed by atoms with van der Waals surface area (Å²) < 4.78 is 0. The summed E-state index contributed by atoms with van der Waals surface area (Å²) in [5.41, 5.74) is 8.38. The predicted molar refractivity (Wildman–Crippen MR) is 79.1 cm³/mol. The Labute approximate surface area is 115 Å². The smallest absolute Gasteiger partial charge is 0.251 e. The van der Waals surface area contributed by atoms with Gasteiger partial charge in [0.15, 0.2) is 0 Å². The van der Waals surface area contributed by atoms with Gasteiger partial charge in [-0.3, -0.25) is 4.79 Å². The van der Waals surface area contributed by atoms with Crippen LogP contribution in [0.4, 0.5) is 5.69 Å². The van der Waals surface area contributed by atoms with Gasteiger partial charge in [0.1, 0.15) is 0 Å². The number of amides is 1. The molecule has 1 aliphatic rings. The Kier molecular flexibility index (Phi) is 4.13. The molecule has 3 nitrogen and oxygen atoms in total. The lowest BCUT2D eigenvalue weighted by Crippen LogP contribution is -2.37. The van der Waals surface area contributed by atoms with E-state index in [9.17, 15) is 4.79 Å².